The fourth-order valence-electron chi connectivity index (χ4n) is 3.16. The standard InChI is InChI=1S/C21H20FN5O/c22-15-3-5-17(6-4-15)26-21(28)19-13-20(24-14-23-19)25-16-7-9-18(10-8-16)27-11-1-2-12-27/h3-10,13-14H,1-2,11-12H2,(H,26,28)(H,23,24,25). The van der Waals surface area contributed by atoms with E-state index < -0.39 is 0 Å². The van der Waals surface area contributed by atoms with Gasteiger partial charge in [-0.3, -0.25) is 4.79 Å². The first-order valence-electron chi connectivity index (χ1n) is 9.18. The molecule has 2 heterocycles. The molecule has 6 nitrogen and oxygen atoms in total. The molecule has 2 aromatic carbocycles. The van der Waals surface area contributed by atoms with Crippen molar-refractivity contribution in [3.8, 4) is 0 Å². The monoisotopic (exact) mass is 377 g/mol. The maximum absolute atomic E-state index is 13.0. The Morgan fingerprint density at radius 2 is 1.61 bits per heavy atom. The lowest BCUT2D eigenvalue weighted by atomic mass is 10.2. The Labute approximate surface area is 162 Å². The lowest BCUT2D eigenvalue weighted by molar-refractivity contribution is 0.102. The van der Waals surface area contributed by atoms with Crippen LogP contribution in [0, 0.1) is 5.82 Å². The number of amides is 1. The fourth-order valence-corrected chi connectivity index (χ4v) is 3.16. The predicted octanol–water partition coefficient (Wildman–Crippen LogP) is 4.21. The molecule has 0 atom stereocenters. The van der Waals surface area contributed by atoms with Gasteiger partial charge in [-0.25, -0.2) is 14.4 Å². The molecule has 0 spiro atoms. The molecule has 1 fully saturated rings. The van der Waals surface area contributed by atoms with E-state index in [0.29, 0.717) is 11.5 Å². The molecule has 142 valence electrons. The number of carbonyl (C=O) groups excluding carboxylic acids is 1. The molecule has 0 saturated carbocycles. The topological polar surface area (TPSA) is 70.2 Å². The quantitative estimate of drug-likeness (QED) is 0.697. The summed E-state index contributed by atoms with van der Waals surface area (Å²) in [5, 5.41) is 5.88. The van der Waals surface area contributed by atoms with Gasteiger partial charge in [0.15, 0.2) is 0 Å². The largest absolute Gasteiger partial charge is 0.372 e. The average Bonchev–Trinajstić information content (AvgIpc) is 3.25. The van der Waals surface area contributed by atoms with Crippen molar-refractivity contribution >= 4 is 28.8 Å². The molecule has 2 N–H and O–H groups in total. The van der Waals surface area contributed by atoms with Crippen LogP contribution in [0.4, 0.5) is 27.3 Å². The van der Waals surface area contributed by atoms with Gasteiger partial charge in [-0.1, -0.05) is 0 Å². The van der Waals surface area contributed by atoms with E-state index in [9.17, 15) is 9.18 Å². The summed E-state index contributed by atoms with van der Waals surface area (Å²) in [4.78, 5) is 22.9. The zero-order chi connectivity index (χ0) is 19.3. The fraction of sp³-hybridized carbons (Fsp3) is 0.190. The van der Waals surface area contributed by atoms with E-state index in [0.717, 1.165) is 18.8 Å². The first-order valence-corrected chi connectivity index (χ1v) is 9.18. The third kappa shape index (κ3) is 4.25. The molecule has 0 unspecified atom stereocenters. The second-order valence-electron chi connectivity index (χ2n) is 6.62. The molecule has 0 bridgehead atoms. The third-order valence-corrected chi connectivity index (χ3v) is 4.61. The van der Waals surface area contributed by atoms with Crippen LogP contribution >= 0.6 is 0 Å². The number of hydrogen-bond acceptors (Lipinski definition) is 5. The minimum absolute atomic E-state index is 0.218. The summed E-state index contributed by atoms with van der Waals surface area (Å²) in [7, 11) is 0. The molecule has 1 aliphatic heterocycles. The van der Waals surface area contributed by atoms with Gasteiger partial charge in [-0.05, 0) is 61.4 Å². The SMILES string of the molecule is O=C(Nc1ccc(F)cc1)c1cc(Nc2ccc(N3CCCC3)cc2)ncn1. The van der Waals surface area contributed by atoms with Crippen molar-refractivity contribution in [3.63, 3.8) is 0 Å². The van der Waals surface area contributed by atoms with Crippen molar-refractivity contribution in [1.82, 2.24) is 9.97 Å². The number of nitrogens with one attached hydrogen (secondary N) is 2. The number of rotatable bonds is 5. The average molecular weight is 377 g/mol. The summed E-state index contributed by atoms with van der Waals surface area (Å²) < 4.78 is 13.0. The number of hydrogen-bond donors (Lipinski definition) is 2. The van der Waals surface area contributed by atoms with Crippen molar-refractivity contribution in [2.24, 2.45) is 0 Å². The van der Waals surface area contributed by atoms with Crippen molar-refractivity contribution in [1.29, 1.82) is 0 Å². The lowest BCUT2D eigenvalue weighted by Crippen LogP contribution is -2.17. The Kier molecular flexibility index (Phi) is 5.14. The zero-order valence-corrected chi connectivity index (χ0v) is 15.2. The summed E-state index contributed by atoms with van der Waals surface area (Å²) in [6.45, 7) is 2.20. The van der Waals surface area contributed by atoms with E-state index in [1.165, 1.54) is 49.1 Å². The zero-order valence-electron chi connectivity index (χ0n) is 15.2. The molecule has 7 heteroatoms. The smallest absolute Gasteiger partial charge is 0.274 e. The summed E-state index contributed by atoms with van der Waals surface area (Å²) in [6.07, 6.45) is 3.81. The van der Waals surface area contributed by atoms with Gasteiger partial charge in [0.05, 0.1) is 0 Å². The van der Waals surface area contributed by atoms with E-state index in [-0.39, 0.29) is 17.4 Å². The van der Waals surface area contributed by atoms with Gasteiger partial charge in [0, 0.05) is 36.2 Å². The molecule has 1 aromatic heterocycles. The summed E-state index contributed by atoms with van der Waals surface area (Å²) in [6, 6.07) is 15.3. The normalized spacial score (nSPS) is 13.4. The highest BCUT2D eigenvalue weighted by Crippen LogP contribution is 2.23. The summed E-state index contributed by atoms with van der Waals surface area (Å²) >= 11 is 0. The number of aromatic nitrogens is 2. The Morgan fingerprint density at radius 3 is 2.32 bits per heavy atom. The van der Waals surface area contributed by atoms with Crippen LogP contribution in [0.1, 0.15) is 23.3 Å². The summed E-state index contributed by atoms with van der Waals surface area (Å²) in [5.74, 6) is -0.225. The molecular weight excluding hydrogens is 357 g/mol. The van der Waals surface area contributed by atoms with E-state index in [4.69, 9.17) is 0 Å². The molecular formula is C21H20FN5O. The van der Waals surface area contributed by atoms with Crippen LogP contribution in [-0.2, 0) is 0 Å². The molecule has 28 heavy (non-hydrogen) atoms. The van der Waals surface area contributed by atoms with Crippen LogP contribution in [0.25, 0.3) is 0 Å². The molecule has 3 aromatic rings. The molecule has 1 saturated heterocycles. The van der Waals surface area contributed by atoms with Gasteiger partial charge in [-0.2, -0.15) is 0 Å². The van der Waals surface area contributed by atoms with Gasteiger partial charge >= 0.3 is 0 Å². The van der Waals surface area contributed by atoms with Gasteiger partial charge in [0.1, 0.15) is 23.7 Å². The molecule has 1 aliphatic rings. The number of nitrogens with zero attached hydrogens (tertiary/aromatic N) is 3. The van der Waals surface area contributed by atoms with E-state index >= 15 is 0 Å². The first kappa shape index (κ1) is 17.9. The Hall–Kier alpha value is -3.48. The van der Waals surface area contributed by atoms with Crippen LogP contribution in [0.15, 0.2) is 60.9 Å². The van der Waals surface area contributed by atoms with E-state index in [1.807, 2.05) is 12.1 Å². The van der Waals surface area contributed by atoms with E-state index in [2.05, 4.69) is 37.6 Å². The van der Waals surface area contributed by atoms with Crippen LogP contribution in [-0.4, -0.2) is 29.0 Å². The highest BCUT2D eigenvalue weighted by Gasteiger charge is 2.12. The molecule has 4 rings (SSSR count). The van der Waals surface area contributed by atoms with Gasteiger partial charge < -0.3 is 15.5 Å². The van der Waals surface area contributed by atoms with Crippen molar-refractivity contribution < 1.29 is 9.18 Å². The van der Waals surface area contributed by atoms with Crippen LogP contribution in [0.3, 0.4) is 0 Å². The minimum atomic E-state index is -0.388. The second kappa shape index (κ2) is 8.04. The molecule has 1 amide bonds. The summed E-state index contributed by atoms with van der Waals surface area (Å²) in [5.41, 5.74) is 2.81. The highest BCUT2D eigenvalue weighted by atomic mass is 19.1. The first-order chi connectivity index (χ1) is 13.7. The minimum Gasteiger partial charge on any atom is -0.372 e. The van der Waals surface area contributed by atoms with Crippen LogP contribution < -0.4 is 15.5 Å². The number of halogens is 1. The third-order valence-electron chi connectivity index (χ3n) is 4.61. The van der Waals surface area contributed by atoms with Gasteiger partial charge in [-0.15, -0.1) is 0 Å². The lowest BCUT2D eigenvalue weighted by Gasteiger charge is -2.17. The predicted molar refractivity (Wildman–Crippen MR) is 108 cm³/mol. The maximum atomic E-state index is 13.0. The Bertz CT molecular complexity index is 953. The molecule has 0 radical (unpaired) electrons. The highest BCUT2D eigenvalue weighted by molar-refractivity contribution is 6.03. The van der Waals surface area contributed by atoms with Crippen LogP contribution in [0.2, 0.25) is 0 Å². The van der Waals surface area contributed by atoms with Crippen LogP contribution in [0.5, 0.6) is 0 Å². The van der Waals surface area contributed by atoms with E-state index in [1.54, 1.807) is 6.07 Å². The number of carbonyl (C=O) groups is 1. The Balaban J connectivity index is 1.43. The van der Waals surface area contributed by atoms with Crippen molar-refractivity contribution in [3.05, 3.63) is 72.4 Å². The number of anilines is 4. The molecule has 0 aliphatic carbocycles. The maximum Gasteiger partial charge on any atom is 0.274 e. The van der Waals surface area contributed by atoms with Crippen molar-refractivity contribution in [2.75, 3.05) is 28.6 Å². The van der Waals surface area contributed by atoms with Crippen molar-refractivity contribution in [2.45, 2.75) is 12.8 Å². The Morgan fingerprint density at radius 1 is 0.929 bits per heavy atom. The number of benzene rings is 2. The second-order valence-corrected chi connectivity index (χ2v) is 6.62. The van der Waals surface area contributed by atoms with Gasteiger partial charge in [0.2, 0.25) is 0 Å². The van der Waals surface area contributed by atoms with Gasteiger partial charge in [0.25, 0.3) is 5.91 Å².